The second-order valence-corrected chi connectivity index (χ2v) is 5.19. The van der Waals surface area contributed by atoms with E-state index in [1.54, 1.807) is 6.26 Å². The van der Waals surface area contributed by atoms with Crippen LogP contribution < -0.4 is 0 Å². The van der Waals surface area contributed by atoms with Crippen LogP contribution in [0.3, 0.4) is 0 Å². The highest BCUT2D eigenvalue weighted by molar-refractivity contribution is 6.08. The highest BCUT2D eigenvalue weighted by atomic mass is 16.3. The van der Waals surface area contributed by atoms with Crippen molar-refractivity contribution in [1.29, 1.82) is 0 Å². The molecular weight excluding hydrogens is 294 g/mol. The Morgan fingerprint density at radius 1 is 1.30 bits per heavy atom. The number of aryl methyl sites for hydroxylation is 1. The van der Waals surface area contributed by atoms with Crippen molar-refractivity contribution in [2.45, 2.75) is 13.3 Å². The molecule has 0 saturated carbocycles. The molecule has 23 heavy (non-hydrogen) atoms. The first-order valence-electron chi connectivity index (χ1n) is 7.05. The van der Waals surface area contributed by atoms with Crippen molar-refractivity contribution in [1.82, 2.24) is 15.2 Å². The Balaban J connectivity index is 1.81. The van der Waals surface area contributed by atoms with Gasteiger partial charge in [-0.15, -0.1) is 0 Å². The molecule has 2 N–H and O–H groups in total. The Morgan fingerprint density at radius 2 is 2.09 bits per heavy atom. The number of benzene rings is 1. The minimum atomic E-state index is -0.358. The molecule has 0 unspecified atom stereocenters. The average molecular weight is 309 g/mol. The molecule has 2 aromatic heterocycles. The number of hydrogen-bond acceptors (Lipinski definition) is 5. The van der Waals surface area contributed by atoms with Crippen molar-refractivity contribution >= 4 is 11.5 Å². The van der Waals surface area contributed by atoms with Gasteiger partial charge in [0.05, 0.1) is 11.8 Å². The van der Waals surface area contributed by atoms with E-state index >= 15 is 0 Å². The van der Waals surface area contributed by atoms with Gasteiger partial charge in [-0.25, -0.2) is 4.98 Å². The van der Waals surface area contributed by atoms with Gasteiger partial charge in [0, 0.05) is 18.1 Å². The molecule has 1 aromatic carbocycles. The highest BCUT2D eigenvalue weighted by Crippen LogP contribution is 2.18. The zero-order valence-electron chi connectivity index (χ0n) is 12.5. The van der Waals surface area contributed by atoms with E-state index in [1.807, 2.05) is 31.2 Å². The van der Waals surface area contributed by atoms with Gasteiger partial charge in [0.2, 0.25) is 5.82 Å². The predicted octanol–water partition coefficient (Wildman–Crippen LogP) is 3.08. The number of aliphatic hydroxyl groups is 1. The molecule has 0 radical (unpaired) electrons. The van der Waals surface area contributed by atoms with Crippen LogP contribution >= 0.6 is 0 Å². The smallest absolute Gasteiger partial charge is 0.215 e. The van der Waals surface area contributed by atoms with Crippen LogP contribution in [0.1, 0.15) is 32.9 Å². The summed E-state index contributed by atoms with van der Waals surface area (Å²) in [6, 6.07) is 8.06. The van der Waals surface area contributed by atoms with E-state index in [0.29, 0.717) is 12.0 Å². The Kier molecular flexibility index (Phi) is 4.05. The summed E-state index contributed by atoms with van der Waals surface area (Å²) in [7, 11) is 0. The maximum absolute atomic E-state index is 12.3. The monoisotopic (exact) mass is 309 g/mol. The van der Waals surface area contributed by atoms with Crippen LogP contribution in [0.15, 0.2) is 53.6 Å². The molecule has 0 spiro atoms. The summed E-state index contributed by atoms with van der Waals surface area (Å²) < 4.78 is 5.17. The summed E-state index contributed by atoms with van der Waals surface area (Å²) in [6.45, 7) is 2.02. The third-order valence-electron chi connectivity index (χ3n) is 3.43. The molecule has 2 heterocycles. The zero-order valence-corrected chi connectivity index (χ0v) is 12.5. The molecule has 0 fully saturated rings. The van der Waals surface area contributed by atoms with Gasteiger partial charge in [0.1, 0.15) is 12.6 Å². The first kappa shape index (κ1) is 14.8. The van der Waals surface area contributed by atoms with Gasteiger partial charge in [-0.05, 0) is 12.5 Å². The summed E-state index contributed by atoms with van der Waals surface area (Å²) in [4.78, 5) is 16.1. The largest absolute Gasteiger partial charge is 0.504 e. The number of rotatable bonds is 5. The third-order valence-corrected chi connectivity index (χ3v) is 3.43. The molecule has 0 amide bonds. The van der Waals surface area contributed by atoms with Crippen molar-refractivity contribution in [3.63, 3.8) is 0 Å². The van der Waals surface area contributed by atoms with E-state index in [2.05, 4.69) is 15.2 Å². The van der Waals surface area contributed by atoms with E-state index < -0.39 is 0 Å². The molecule has 0 aliphatic heterocycles. The number of nitrogens with one attached hydrogen (secondary N) is 1. The Hall–Kier alpha value is -3.15. The topological polar surface area (TPSA) is 92.0 Å². The zero-order chi connectivity index (χ0) is 16.2. The Morgan fingerprint density at radius 3 is 2.78 bits per heavy atom. The van der Waals surface area contributed by atoms with E-state index in [9.17, 15) is 9.90 Å². The van der Waals surface area contributed by atoms with Gasteiger partial charge in [-0.2, -0.15) is 5.10 Å². The van der Waals surface area contributed by atoms with Crippen LogP contribution in [-0.2, 0) is 6.42 Å². The van der Waals surface area contributed by atoms with E-state index in [1.165, 1.54) is 18.2 Å². The van der Waals surface area contributed by atoms with Crippen LogP contribution in [0.25, 0.3) is 5.76 Å². The summed E-state index contributed by atoms with van der Waals surface area (Å²) >= 11 is 0. The van der Waals surface area contributed by atoms with Crippen molar-refractivity contribution in [2.24, 2.45) is 0 Å². The van der Waals surface area contributed by atoms with E-state index in [4.69, 9.17) is 4.42 Å². The van der Waals surface area contributed by atoms with Crippen LogP contribution in [0.5, 0.6) is 0 Å². The average Bonchev–Trinajstić information content (AvgIpc) is 3.20. The molecule has 0 aliphatic carbocycles. The molecule has 0 bridgehead atoms. The first-order chi connectivity index (χ1) is 11.1. The van der Waals surface area contributed by atoms with E-state index in [-0.39, 0.29) is 17.4 Å². The van der Waals surface area contributed by atoms with Crippen LogP contribution in [0, 0.1) is 6.92 Å². The number of aromatic nitrogens is 3. The standard InChI is InChI=1S/C17H15N3O3/c1-11-2-4-12(5-3-11)6-13-8-23-9-14(13)15(21)7-16(22)17-18-10-19-20-17/h2-5,7-10,22H,6H2,1H3,(H,18,19,20). The number of aromatic amines is 1. The Bertz CT molecular complexity index is 830. The molecular formula is C17H15N3O3. The van der Waals surface area contributed by atoms with Gasteiger partial charge in [0.25, 0.3) is 0 Å². The number of carbonyl (C=O) groups is 1. The summed E-state index contributed by atoms with van der Waals surface area (Å²) in [5.74, 6) is -0.580. The molecule has 0 atom stereocenters. The fraction of sp³-hybridized carbons (Fsp3) is 0.118. The second-order valence-electron chi connectivity index (χ2n) is 5.19. The second kappa shape index (κ2) is 6.31. The maximum atomic E-state index is 12.3. The summed E-state index contributed by atoms with van der Waals surface area (Å²) in [5, 5.41) is 16.0. The molecule has 6 nitrogen and oxygen atoms in total. The number of carbonyl (C=O) groups excluding carboxylic acids is 1. The van der Waals surface area contributed by atoms with Crippen molar-refractivity contribution in [2.75, 3.05) is 0 Å². The number of hydrogen-bond donors (Lipinski definition) is 2. The molecule has 3 aromatic rings. The van der Waals surface area contributed by atoms with E-state index in [0.717, 1.165) is 17.2 Å². The minimum absolute atomic E-state index is 0.0712. The maximum Gasteiger partial charge on any atom is 0.215 e. The number of H-pyrrole nitrogens is 1. The SMILES string of the molecule is Cc1ccc(Cc2cocc2C(=O)C=C(O)c2nc[nH]n2)cc1. The van der Waals surface area contributed by atoms with Crippen LogP contribution in [-0.4, -0.2) is 26.1 Å². The van der Waals surface area contributed by atoms with Crippen molar-refractivity contribution in [3.05, 3.63) is 77.3 Å². The predicted molar refractivity (Wildman–Crippen MR) is 84.0 cm³/mol. The minimum Gasteiger partial charge on any atom is -0.504 e. The fourth-order valence-electron chi connectivity index (χ4n) is 2.20. The fourth-order valence-corrected chi connectivity index (χ4v) is 2.20. The number of allylic oxidation sites excluding steroid dienone is 1. The van der Waals surface area contributed by atoms with Crippen LogP contribution in [0.2, 0.25) is 0 Å². The lowest BCUT2D eigenvalue weighted by Gasteiger charge is -2.02. The number of aliphatic hydroxyl groups excluding tert-OH is 1. The lowest BCUT2D eigenvalue weighted by Crippen LogP contribution is -2.00. The van der Waals surface area contributed by atoms with Gasteiger partial charge in [-0.3, -0.25) is 9.89 Å². The van der Waals surface area contributed by atoms with Gasteiger partial charge in [-0.1, -0.05) is 29.8 Å². The van der Waals surface area contributed by atoms with Crippen molar-refractivity contribution < 1.29 is 14.3 Å². The molecule has 6 heteroatoms. The molecule has 0 aliphatic rings. The Labute approximate surface area is 132 Å². The molecule has 3 rings (SSSR count). The first-order valence-corrected chi connectivity index (χ1v) is 7.05. The molecule has 116 valence electrons. The number of ketones is 1. The number of furan rings is 1. The van der Waals surface area contributed by atoms with Crippen LogP contribution in [0.4, 0.5) is 0 Å². The number of nitrogens with zero attached hydrogens (tertiary/aromatic N) is 2. The van der Waals surface area contributed by atoms with Gasteiger partial charge >= 0.3 is 0 Å². The lowest BCUT2D eigenvalue weighted by atomic mass is 10.0. The quantitative estimate of drug-likeness (QED) is 0.429. The van der Waals surface area contributed by atoms with Gasteiger partial charge < -0.3 is 9.52 Å². The molecule has 0 saturated heterocycles. The normalized spacial score (nSPS) is 11.6. The summed E-state index contributed by atoms with van der Waals surface area (Å²) in [6.07, 6.45) is 5.92. The lowest BCUT2D eigenvalue weighted by molar-refractivity contribution is 0.104. The van der Waals surface area contributed by atoms with Crippen molar-refractivity contribution in [3.8, 4) is 0 Å². The van der Waals surface area contributed by atoms with Gasteiger partial charge in [0.15, 0.2) is 11.5 Å². The highest BCUT2D eigenvalue weighted by Gasteiger charge is 2.15. The third kappa shape index (κ3) is 3.37. The summed E-state index contributed by atoms with van der Waals surface area (Å²) in [5.41, 5.74) is 3.43.